The number of ketones is 1. The summed E-state index contributed by atoms with van der Waals surface area (Å²) in [5.74, 6) is 0.401. The van der Waals surface area contributed by atoms with E-state index in [1.54, 1.807) is 0 Å². The number of rotatable bonds is 4. The van der Waals surface area contributed by atoms with Crippen LogP contribution in [-0.2, 0) is 9.53 Å². The fourth-order valence-corrected chi connectivity index (χ4v) is 2.33. The number of carbonyl (C=O) groups excluding carboxylic acids is 2. The Labute approximate surface area is 96.7 Å². The van der Waals surface area contributed by atoms with Gasteiger partial charge in [-0.1, -0.05) is 26.2 Å². The maximum absolute atomic E-state index is 11.8. The molecule has 4 heteroatoms. The van der Waals surface area contributed by atoms with Crippen molar-refractivity contribution in [2.45, 2.75) is 51.5 Å². The number of amides is 1. The molecule has 0 aromatic heterocycles. The lowest BCUT2D eigenvalue weighted by Gasteiger charge is -2.29. The quantitative estimate of drug-likeness (QED) is 0.801. The van der Waals surface area contributed by atoms with Gasteiger partial charge in [-0.2, -0.15) is 0 Å². The molecule has 0 radical (unpaired) electrons. The third-order valence-corrected chi connectivity index (χ3v) is 3.28. The van der Waals surface area contributed by atoms with E-state index in [2.05, 4.69) is 10.1 Å². The molecule has 0 aromatic carbocycles. The van der Waals surface area contributed by atoms with Crippen molar-refractivity contribution in [2.24, 2.45) is 5.92 Å². The Morgan fingerprint density at radius 3 is 2.44 bits per heavy atom. The van der Waals surface area contributed by atoms with Crippen LogP contribution in [0, 0.1) is 5.92 Å². The number of nitrogens with one attached hydrogen (secondary N) is 1. The van der Waals surface area contributed by atoms with Crippen LogP contribution in [0.5, 0.6) is 0 Å². The lowest BCUT2D eigenvalue weighted by molar-refractivity contribution is -0.122. The monoisotopic (exact) mass is 227 g/mol. The Bertz CT molecular complexity index is 247. The van der Waals surface area contributed by atoms with E-state index < -0.39 is 6.09 Å². The molecule has 1 aliphatic carbocycles. The fraction of sp³-hybridized carbons (Fsp3) is 0.833. The van der Waals surface area contributed by atoms with Gasteiger partial charge in [0.1, 0.15) is 0 Å². The highest BCUT2D eigenvalue weighted by molar-refractivity contribution is 5.87. The Balaban J connectivity index is 2.61. The first-order chi connectivity index (χ1) is 7.69. The molecule has 1 aliphatic rings. The highest BCUT2D eigenvalue weighted by Gasteiger charge is 2.29. The van der Waals surface area contributed by atoms with Gasteiger partial charge in [0.15, 0.2) is 5.78 Å². The second kappa shape index (κ2) is 6.51. The molecule has 0 heterocycles. The number of ether oxygens (including phenoxy) is 1. The molecular weight excluding hydrogens is 206 g/mol. The molecule has 1 rings (SSSR count). The largest absolute Gasteiger partial charge is 0.453 e. The number of hydrogen-bond acceptors (Lipinski definition) is 3. The van der Waals surface area contributed by atoms with Gasteiger partial charge in [-0.15, -0.1) is 0 Å². The third-order valence-electron chi connectivity index (χ3n) is 3.28. The van der Waals surface area contributed by atoms with Gasteiger partial charge in [-0.3, -0.25) is 4.79 Å². The second-order valence-corrected chi connectivity index (χ2v) is 4.33. The highest BCUT2D eigenvalue weighted by Crippen LogP contribution is 2.27. The minimum Gasteiger partial charge on any atom is -0.453 e. The van der Waals surface area contributed by atoms with Crippen molar-refractivity contribution in [3.8, 4) is 0 Å². The van der Waals surface area contributed by atoms with E-state index in [9.17, 15) is 9.59 Å². The summed E-state index contributed by atoms with van der Waals surface area (Å²) < 4.78 is 4.56. The average molecular weight is 227 g/mol. The van der Waals surface area contributed by atoms with Crippen LogP contribution in [0.4, 0.5) is 4.79 Å². The SMILES string of the molecule is CCC(=O)C(NC(=O)OC)C1CCCCC1. The first kappa shape index (κ1) is 13.0. The van der Waals surface area contributed by atoms with Crippen molar-refractivity contribution < 1.29 is 14.3 Å². The van der Waals surface area contributed by atoms with Crippen LogP contribution in [0.3, 0.4) is 0 Å². The number of hydrogen-bond donors (Lipinski definition) is 1. The van der Waals surface area contributed by atoms with Crippen LogP contribution < -0.4 is 5.32 Å². The molecule has 1 N–H and O–H groups in total. The van der Waals surface area contributed by atoms with Crippen molar-refractivity contribution in [3.63, 3.8) is 0 Å². The predicted molar refractivity (Wildman–Crippen MR) is 61.2 cm³/mol. The third kappa shape index (κ3) is 3.51. The van der Waals surface area contributed by atoms with E-state index in [1.807, 2.05) is 6.92 Å². The first-order valence-corrected chi connectivity index (χ1v) is 6.06. The minimum atomic E-state index is -0.502. The second-order valence-electron chi connectivity index (χ2n) is 4.33. The summed E-state index contributed by atoms with van der Waals surface area (Å²) >= 11 is 0. The smallest absolute Gasteiger partial charge is 0.407 e. The number of carbonyl (C=O) groups is 2. The van der Waals surface area contributed by atoms with Crippen molar-refractivity contribution in [2.75, 3.05) is 7.11 Å². The summed E-state index contributed by atoms with van der Waals surface area (Å²) in [4.78, 5) is 23.0. The molecule has 1 saturated carbocycles. The average Bonchev–Trinajstić information content (AvgIpc) is 2.35. The predicted octanol–water partition coefficient (Wildman–Crippen LogP) is 2.27. The standard InChI is InChI=1S/C12H21NO3/c1-3-10(14)11(13-12(15)16-2)9-7-5-4-6-8-9/h9,11H,3-8H2,1-2H3,(H,13,15). The Morgan fingerprint density at radius 2 is 1.94 bits per heavy atom. The molecule has 1 fully saturated rings. The maximum Gasteiger partial charge on any atom is 0.407 e. The Morgan fingerprint density at radius 1 is 1.31 bits per heavy atom. The van der Waals surface area contributed by atoms with Gasteiger partial charge in [0, 0.05) is 6.42 Å². The Kier molecular flexibility index (Phi) is 5.29. The summed E-state index contributed by atoms with van der Waals surface area (Å²) in [5, 5.41) is 2.68. The summed E-state index contributed by atoms with van der Waals surface area (Å²) in [5.41, 5.74) is 0. The molecule has 0 bridgehead atoms. The topological polar surface area (TPSA) is 55.4 Å². The molecular formula is C12H21NO3. The van der Waals surface area contributed by atoms with E-state index >= 15 is 0 Å². The van der Waals surface area contributed by atoms with E-state index in [4.69, 9.17) is 0 Å². The van der Waals surface area contributed by atoms with Gasteiger partial charge < -0.3 is 10.1 Å². The molecule has 1 unspecified atom stereocenters. The van der Waals surface area contributed by atoms with Crippen LogP contribution >= 0.6 is 0 Å². The van der Waals surface area contributed by atoms with Crippen LogP contribution in [0.2, 0.25) is 0 Å². The Hall–Kier alpha value is -1.06. The lowest BCUT2D eigenvalue weighted by Crippen LogP contribution is -2.46. The van der Waals surface area contributed by atoms with Crippen LogP contribution in [0.1, 0.15) is 45.4 Å². The first-order valence-electron chi connectivity index (χ1n) is 6.06. The summed E-state index contributed by atoms with van der Waals surface area (Å²) in [6.07, 6.45) is 5.56. The van der Waals surface area contributed by atoms with Gasteiger partial charge >= 0.3 is 6.09 Å². The number of Topliss-reactive ketones (excluding diaryl/α,β-unsaturated/α-hetero) is 1. The summed E-state index contributed by atoms with van der Waals surface area (Å²) in [7, 11) is 1.32. The van der Waals surface area contributed by atoms with Crippen LogP contribution in [-0.4, -0.2) is 25.0 Å². The van der Waals surface area contributed by atoms with E-state index in [0.29, 0.717) is 12.3 Å². The number of methoxy groups -OCH3 is 1. The maximum atomic E-state index is 11.8. The number of alkyl carbamates (subject to hydrolysis) is 1. The molecule has 0 saturated heterocycles. The van der Waals surface area contributed by atoms with E-state index in [0.717, 1.165) is 25.7 Å². The van der Waals surface area contributed by atoms with Gasteiger partial charge in [0.2, 0.25) is 0 Å². The summed E-state index contributed by atoms with van der Waals surface area (Å²) in [6, 6.07) is -0.349. The van der Waals surface area contributed by atoms with E-state index in [-0.39, 0.29) is 11.8 Å². The highest BCUT2D eigenvalue weighted by atomic mass is 16.5. The molecule has 1 atom stereocenters. The lowest BCUT2D eigenvalue weighted by atomic mass is 9.82. The molecule has 16 heavy (non-hydrogen) atoms. The van der Waals surface area contributed by atoms with Crippen molar-refractivity contribution in [3.05, 3.63) is 0 Å². The van der Waals surface area contributed by atoms with Crippen molar-refractivity contribution >= 4 is 11.9 Å². The van der Waals surface area contributed by atoms with Gasteiger partial charge in [0.25, 0.3) is 0 Å². The normalized spacial score (nSPS) is 18.9. The van der Waals surface area contributed by atoms with Crippen LogP contribution in [0.15, 0.2) is 0 Å². The van der Waals surface area contributed by atoms with Crippen LogP contribution in [0.25, 0.3) is 0 Å². The molecule has 1 amide bonds. The fourth-order valence-electron chi connectivity index (χ4n) is 2.33. The zero-order valence-corrected chi connectivity index (χ0v) is 10.1. The molecule has 4 nitrogen and oxygen atoms in total. The summed E-state index contributed by atoms with van der Waals surface area (Å²) in [6.45, 7) is 1.83. The molecule has 92 valence electrons. The van der Waals surface area contributed by atoms with Gasteiger partial charge in [-0.25, -0.2) is 4.79 Å². The molecule has 0 spiro atoms. The zero-order valence-electron chi connectivity index (χ0n) is 10.1. The van der Waals surface area contributed by atoms with Crippen molar-refractivity contribution in [1.82, 2.24) is 5.32 Å². The van der Waals surface area contributed by atoms with E-state index in [1.165, 1.54) is 13.5 Å². The minimum absolute atomic E-state index is 0.109. The zero-order chi connectivity index (χ0) is 12.0. The van der Waals surface area contributed by atoms with Gasteiger partial charge in [-0.05, 0) is 18.8 Å². The molecule has 0 aliphatic heterocycles. The van der Waals surface area contributed by atoms with Crippen molar-refractivity contribution in [1.29, 1.82) is 0 Å². The van der Waals surface area contributed by atoms with Gasteiger partial charge in [0.05, 0.1) is 13.2 Å². The molecule has 0 aromatic rings.